The number of aliphatic hydroxyl groups is 1. The molecule has 1 fully saturated rings. The molecule has 0 bridgehead atoms. The zero-order valence-corrected chi connectivity index (χ0v) is 8.97. The highest BCUT2D eigenvalue weighted by Crippen LogP contribution is 2.27. The fraction of sp³-hybridized carbons (Fsp3) is 0.583. The molecule has 82 valence electrons. The van der Waals surface area contributed by atoms with Gasteiger partial charge in [0.15, 0.2) is 0 Å². The summed E-state index contributed by atoms with van der Waals surface area (Å²) in [5, 5.41) is 9.10. The third-order valence-electron chi connectivity index (χ3n) is 3.10. The van der Waals surface area contributed by atoms with Gasteiger partial charge in [-0.1, -0.05) is 12.8 Å². The average Bonchev–Trinajstić information content (AvgIpc) is 2.80. The summed E-state index contributed by atoms with van der Waals surface area (Å²) in [7, 11) is 0. The molecule has 0 aliphatic heterocycles. The molecule has 1 aliphatic carbocycles. The summed E-state index contributed by atoms with van der Waals surface area (Å²) >= 11 is 0. The van der Waals surface area contributed by atoms with Crippen molar-refractivity contribution < 1.29 is 5.11 Å². The summed E-state index contributed by atoms with van der Waals surface area (Å²) in [5.74, 6) is 0. The van der Waals surface area contributed by atoms with E-state index in [4.69, 9.17) is 5.11 Å². The lowest BCUT2D eigenvalue weighted by atomic mass is 10.2. The van der Waals surface area contributed by atoms with Gasteiger partial charge in [0.05, 0.1) is 6.61 Å². The Kier molecular flexibility index (Phi) is 3.56. The molecule has 0 amide bonds. The van der Waals surface area contributed by atoms with Gasteiger partial charge in [0.1, 0.15) is 0 Å². The zero-order chi connectivity index (χ0) is 10.5. The highest BCUT2D eigenvalue weighted by atomic mass is 16.3. The Morgan fingerprint density at radius 3 is 2.53 bits per heavy atom. The first kappa shape index (κ1) is 10.4. The summed E-state index contributed by atoms with van der Waals surface area (Å²) in [6.45, 7) is 0.952. The topological polar surface area (TPSA) is 36.4 Å². The lowest BCUT2D eigenvalue weighted by Gasteiger charge is -2.30. The molecule has 3 heteroatoms. The van der Waals surface area contributed by atoms with Crippen molar-refractivity contribution in [3.05, 3.63) is 24.5 Å². The number of aromatic nitrogens is 1. The van der Waals surface area contributed by atoms with Gasteiger partial charge in [0, 0.05) is 30.7 Å². The van der Waals surface area contributed by atoms with E-state index >= 15 is 0 Å². The molecule has 0 unspecified atom stereocenters. The lowest BCUT2D eigenvalue weighted by Crippen LogP contribution is -2.35. The van der Waals surface area contributed by atoms with Crippen LogP contribution in [0.3, 0.4) is 0 Å². The zero-order valence-electron chi connectivity index (χ0n) is 8.97. The van der Waals surface area contributed by atoms with Crippen LogP contribution in [0.2, 0.25) is 0 Å². The van der Waals surface area contributed by atoms with Crippen molar-refractivity contribution in [1.82, 2.24) is 4.98 Å². The maximum absolute atomic E-state index is 9.10. The van der Waals surface area contributed by atoms with Gasteiger partial charge in [0.2, 0.25) is 0 Å². The second-order valence-corrected chi connectivity index (χ2v) is 4.06. The molecule has 1 aromatic rings. The van der Waals surface area contributed by atoms with E-state index < -0.39 is 0 Å². The maximum atomic E-state index is 9.10. The van der Waals surface area contributed by atoms with Crippen molar-refractivity contribution >= 4 is 5.69 Å². The van der Waals surface area contributed by atoms with Crippen molar-refractivity contribution in [2.45, 2.75) is 31.7 Å². The predicted molar refractivity (Wildman–Crippen MR) is 60.9 cm³/mol. The average molecular weight is 206 g/mol. The highest BCUT2D eigenvalue weighted by molar-refractivity contribution is 5.45. The summed E-state index contributed by atoms with van der Waals surface area (Å²) in [6, 6.07) is 4.65. The fourth-order valence-corrected chi connectivity index (χ4v) is 2.38. The first-order valence-corrected chi connectivity index (χ1v) is 5.69. The molecule has 15 heavy (non-hydrogen) atoms. The Labute approximate surface area is 90.8 Å². The normalized spacial score (nSPS) is 16.9. The summed E-state index contributed by atoms with van der Waals surface area (Å²) in [4.78, 5) is 6.34. The van der Waals surface area contributed by atoms with E-state index in [9.17, 15) is 0 Å². The standard InChI is InChI=1S/C12H18N2O/c15-10-9-14(11-3-1-2-4-11)12-5-7-13-8-6-12/h5-8,11,15H,1-4,9-10H2. The van der Waals surface area contributed by atoms with Crippen molar-refractivity contribution in [1.29, 1.82) is 0 Å². The molecule has 0 radical (unpaired) electrons. The van der Waals surface area contributed by atoms with Crippen LogP contribution in [-0.2, 0) is 0 Å². The van der Waals surface area contributed by atoms with Gasteiger partial charge in [0.25, 0.3) is 0 Å². The molecular formula is C12H18N2O. The van der Waals surface area contributed by atoms with E-state index in [1.54, 1.807) is 0 Å². The smallest absolute Gasteiger partial charge is 0.0606 e. The Morgan fingerprint density at radius 2 is 1.93 bits per heavy atom. The second-order valence-electron chi connectivity index (χ2n) is 4.06. The van der Waals surface area contributed by atoms with Crippen LogP contribution in [-0.4, -0.2) is 29.3 Å². The van der Waals surface area contributed by atoms with Crippen LogP contribution >= 0.6 is 0 Å². The van der Waals surface area contributed by atoms with Gasteiger partial charge in [-0.15, -0.1) is 0 Å². The Hall–Kier alpha value is -1.09. The maximum Gasteiger partial charge on any atom is 0.0606 e. The molecule has 0 aromatic carbocycles. The van der Waals surface area contributed by atoms with Crippen LogP contribution in [0, 0.1) is 0 Å². The minimum Gasteiger partial charge on any atom is -0.395 e. The molecule has 1 aliphatic rings. The highest BCUT2D eigenvalue weighted by Gasteiger charge is 2.22. The van der Waals surface area contributed by atoms with Gasteiger partial charge in [-0.2, -0.15) is 0 Å². The third-order valence-corrected chi connectivity index (χ3v) is 3.10. The van der Waals surface area contributed by atoms with Crippen LogP contribution in [0.25, 0.3) is 0 Å². The molecule has 1 N–H and O–H groups in total. The van der Waals surface area contributed by atoms with E-state index in [1.807, 2.05) is 24.5 Å². The van der Waals surface area contributed by atoms with Crippen molar-refractivity contribution in [3.63, 3.8) is 0 Å². The fourth-order valence-electron chi connectivity index (χ4n) is 2.38. The first-order valence-electron chi connectivity index (χ1n) is 5.69. The Balaban J connectivity index is 2.11. The van der Waals surface area contributed by atoms with Crippen LogP contribution in [0.15, 0.2) is 24.5 Å². The predicted octanol–water partition coefficient (Wildman–Crippen LogP) is 1.82. The second kappa shape index (κ2) is 5.12. The molecule has 0 atom stereocenters. The molecule has 2 rings (SSSR count). The molecule has 3 nitrogen and oxygen atoms in total. The van der Waals surface area contributed by atoms with Gasteiger partial charge in [-0.05, 0) is 25.0 Å². The molecule has 1 aromatic heterocycles. The lowest BCUT2D eigenvalue weighted by molar-refractivity contribution is 0.297. The minimum atomic E-state index is 0.221. The van der Waals surface area contributed by atoms with Gasteiger partial charge >= 0.3 is 0 Å². The molecule has 1 saturated carbocycles. The molecule has 1 heterocycles. The van der Waals surface area contributed by atoms with Crippen LogP contribution in [0.5, 0.6) is 0 Å². The molecule has 0 saturated heterocycles. The van der Waals surface area contributed by atoms with Gasteiger partial charge in [-0.3, -0.25) is 4.98 Å². The first-order chi connectivity index (χ1) is 7.42. The number of pyridine rings is 1. The van der Waals surface area contributed by atoms with Crippen LogP contribution < -0.4 is 4.90 Å². The van der Waals surface area contributed by atoms with Gasteiger partial charge in [-0.25, -0.2) is 0 Å². The van der Waals surface area contributed by atoms with E-state index in [2.05, 4.69) is 9.88 Å². The van der Waals surface area contributed by atoms with Crippen LogP contribution in [0.4, 0.5) is 5.69 Å². The quantitative estimate of drug-likeness (QED) is 0.816. The largest absolute Gasteiger partial charge is 0.395 e. The summed E-state index contributed by atoms with van der Waals surface area (Å²) in [5.41, 5.74) is 1.19. The van der Waals surface area contributed by atoms with E-state index in [0.29, 0.717) is 6.04 Å². The van der Waals surface area contributed by atoms with Gasteiger partial charge < -0.3 is 10.0 Å². The summed E-state index contributed by atoms with van der Waals surface area (Å²) in [6.07, 6.45) is 8.77. The number of hydrogen-bond acceptors (Lipinski definition) is 3. The van der Waals surface area contributed by atoms with Crippen molar-refractivity contribution in [2.75, 3.05) is 18.1 Å². The van der Waals surface area contributed by atoms with Crippen molar-refractivity contribution in [3.8, 4) is 0 Å². The van der Waals surface area contributed by atoms with E-state index in [1.165, 1.54) is 31.4 Å². The number of nitrogens with zero attached hydrogens (tertiary/aromatic N) is 2. The molecular weight excluding hydrogens is 188 g/mol. The number of aliphatic hydroxyl groups excluding tert-OH is 1. The van der Waals surface area contributed by atoms with E-state index in [-0.39, 0.29) is 6.61 Å². The summed E-state index contributed by atoms with van der Waals surface area (Å²) < 4.78 is 0. The number of rotatable bonds is 4. The molecule has 0 spiro atoms. The number of anilines is 1. The Morgan fingerprint density at radius 1 is 1.27 bits per heavy atom. The third kappa shape index (κ3) is 2.48. The monoisotopic (exact) mass is 206 g/mol. The van der Waals surface area contributed by atoms with E-state index in [0.717, 1.165) is 6.54 Å². The number of hydrogen-bond donors (Lipinski definition) is 1. The SMILES string of the molecule is OCCN(c1ccncc1)C1CCCC1. The minimum absolute atomic E-state index is 0.221. The van der Waals surface area contributed by atoms with Crippen LogP contribution in [0.1, 0.15) is 25.7 Å². The Bertz CT molecular complexity index is 283. The van der Waals surface area contributed by atoms with Crippen molar-refractivity contribution in [2.24, 2.45) is 0 Å².